The highest BCUT2D eigenvalue weighted by molar-refractivity contribution is 7.90. The van der Waals surface area contributed by atoms with Crippen molar-refractivity contribution in [2.75, 3.05) is 25.9 Å². The summed E-state index contributed by atoms with van der Waals surface area (Å²) >= 11 is 0. The zero-order valence-corrected chi connectivity index (χ0v) is 16.6. The van der Waals surface area contributed by atoms with Crippen molar-refractivity contribution >= 4 is 21.8 Å². The van der Waals surface area contributed by atoms with Gasteiger partial charge in [0.2, 0.25) is 5.91 Å². The Kier molecular flexibility index (Phi) is 5.61. The molecular formula is C19H24N4O4S. The summed E-state index contributed by atoms with van der Waals surface area (Å²) in [6.45, 7) is 1.05. The molecule has 8 nitrogen and oxygen atoms in total. The first-order chi connectivity index (χ1) is 13.2. The summed E-state index contributed by atoms with van der Waals surface area (Å²) in [5.41, 5.74) is 0.107. The number of hydrogen-bond acceptors (Lipinski definition) is 5. The second kappa shape index (κ2) is 7.80. The van der Waals surface area contributed by atoms with E-state index in [1.54, 1.807) is 29.2 Å². The molecule has 1 aliphatic heterocycles. The third-order valence-corrected chi connectivity index (χ3v) is 6.48. The standard InChI is InChI=1S/C19H24N4O4S/c1-28(26,27)16-6-4-14(5-7-16)15-3-2-12-23(13-15)18(25)22-19(8-9-19)17(24)21-11-10-20/h4-7,15H,2-3,8-9,11-13H2,1H3,(H,21,24)(H,22,25). The van der Waals surface area contributed by atoms with Crippen molar-refractivity contribution in [1.29, 1.82) is 5.26 Å². The van der Waals surface area contributed by atoms with Crippen LogP contribution in [0.25, 0.3) is 0 Å². The van der Waals surface area contributed by atoms with E-state index in [0.29, 0.717) is 25.9 Å². The zero-order chi connectivity index (χ0) is 20.4. The number of benzene rings is 1. The lowest BCUT2D eigenvalue weighted by molar-refractivity contribution is -0.123. The first kappa shape index (κ1) is 20.1. The molecule has 1 aliphatic carbocycles. The Hall–Kier alpha value is -2.60. The molecule has 1 aromatic rings. The Balaban J connectivity index is 1.62. The predicted molar refractivity (Wildman–Crippen MR) is 102 cm³/mol. The maximum atomic E-state index is 12.7. The number of piperidine rings is 1. The van der Waals surface area contributed by atoms with Gasteiger partial charge in [0.15, 0.2) is 9.84 Å². The van der Waals surface area contributed by atoms with Crippen LogP contribution >= 0.6 is 0 Å². The Bertz CT molecular complexity index is 901. The van der Waals surface area contributed by atoms with Crippen molar-refractivity contribution in [2.45, 2.75) is 42.0 Å². The molecule has 0 bridgehead atoms. The number of amides is 3. The number of urea groups is 1. The van der Waals surface area contributed by atoms with Crippen molar-refractivity contribution in [1.82, 2.24) is 15.5 Å². The summed E-state index contributed by atoms with van der Waals surface area (Å²) in [4.78, 5) is 26.8. The lowest BCUT2D eigenvalue weighted by Crippen LogP contribution is -2.54. The number of carbonyl (C=O) groups is 2. The van der Waals surface area contributed by atoms with Crippen molar-refractivity contribution < 1.29 is 18.0 Å². The number of likely N-dealkylation sites (tertiary alicyclic amines) is 1. The number of hydrogen-bond donors (Lipinski definition) is 2. The van der Waals surface area contributed by atoms with E-state index in [2.05, 4.69) is 10.6 Å². The molecule has 2 aliphatic rings. The molecule has 150 valence electrons. The SMILES string of the molecule is CS(=O)(=O)c1ccc(C2CCCN(C(=O)NC3(C(=O)NCC#N)CC3)C2)cc1. The molecule has 0 aromatic heterocycles. The minimum atomic E-state index is -3.24. The largest absolute Gasteiger partial charge is 0.341 e. The number of carbonyl (C=O) groups excluding carboxylic acids is 2. The van der Waals surface area contributed by atoms with Gasteiger partial charge in [-0.2, -0.15) is 5.26 Å². The number of nitriles is 1. The lowest BCUT2D eigenvalue weighted by Gasteiger charge is -2.34. The normalized spacial score (nSPS) is 20.7. The topological polar surface area (TPSA) is 119 Å². The average molecular weight is 404 g/mol. The number of rotatable bonds is 5. The number of nitrogens with one attached hydrogen (secondary N) is 2. The quantitative estimate of drug-likeness (QED) is 0.714. The minimum absolute atomic E-state index is 0.0777. The van der Waals surface area contributed by atoms with Crippen LogP contribution < -0.4 is 10.6 Å². The molecule has 0 spiro atoms. The van der Waals surface area contributed by atoms with Gasteiger partial charge in [0.25, 0.3) is 0 Å². The van der Waals surface area contributed by atoms with E-state index >= 15 is 0 Å². The van der Waals surface area contributed by atoms with Crippen LogP contribution in [0.2, 0.25) is 0 Å². The molecule has 3 rings (SSSR count). The highest BCUT2D eigenvalue weighted by atomic mass is 32.2. The van der Waals surface area contributed by atoms with Crippen molar-refractivity contribution in [3.8, 4) is 6.07 Å². The van der Waals surface area contributed by atoms with E-state index in [-0.39, 0.29) is 29.3 Å². The van der Waals surface area contributed by atoms with Crippen LogP contribution in [0.3, 0.4) is 0 Å². The molecule has 1 saturated carbocycles. The van der Waals surface area contributed by atoms with Crippen LogP contribution in [0.4, 0.5) is 4.79 Å². The maximum Gasteiger partial charge on any atom is 0.318 e. The summed E-state index contributed by atoms with van der Waals surface area (Å²) < 4.78 is 23.2. The Morgan fingerprint density at radius 3 is 2.54 bits per heavy atom. The van der Waals surface area contributed by atoms with E-state index < -0.39 is 15.4 Å². The summed E-state index contributed by atoms with van der Waals surface area (Å²) in [5.74, 6) is -0.192. The number of nitrogens with zero attached hydrogens (tertiary/aromatic N) is 2. The summed E-state index contributed by atoms with van der Waals surface area (Å²) in [6, 6.07) is 8.39. The lowest BCUT2D eigenvalue weighted by atomic mass is 9.91. The van der Waals surface area contributed by atoms with E-state index in [4.69, 9.17) is 5.26 Å². The third kappa shape index (κ3) is 4.44. The summed E-state index contributed by atoms with van der Waals surface area (Å²) in [6.07, 6.45) is 4.06. The maximum absolute atomic E-state index is 12.7. The Morgan fingerprint density at radius 2 is 1.96 bits per heavy atom. The molecule has 1 aromatic carbocycles. The fourth-order valence-electron chi connectivity index (χ4n) is 3.53. The highest BCUT2D eigenvalue weighted by Gasteiger charge is 2.51. The van der Waals surface area contributed by atoms with Gasteiger partial charge in [-0.3, -0.25) is 4.79 Å². The van der Waals surface area contributed by atoms with Gasteiger partial charge in [0, 0.05) is 25.3 Å². The van der Waals surface area contributed by atoms with Crippen LogP contribution in [0, 0.1) is 11.3 Å². The third-order valence-electron chi connectivity index (χ3n) is 5.35. The van der Waals surface area contributed by atoms with Gasteiger partial charge < -0.3 is 15.5 Å². The van der Waals surface area contributed by atoms with Gasteiger partial charge in [-0.25, -0.2) is 13.2 Å². The molecule has 9 heteroatoms. The molecule has 3 amide bonds. The van der Waals surface area contributed by atoms with Gasteiger partial charge in [-0.05, 0) is 43.4 Å². The Morgan fingerprint density at radius 1 is 1.29 bits per heavy atom. The zero-order valence-electron chi connectivity index (χ0n) is 15.8. The highest BCUT2D eigenvalue weighted by Crippen LogP contribution is 2.36. The van der Waals surface area contributed by atoms with Crippen LogP contribution in [-0.4, -0.2) is 56.7 Å². The molecule has 2 fully saturated rings. The fourth-order valence-corrected chi connectivity index (χ4v) is 4.16. The van der Waals surface area contributed by atoms with Crippen LogP contribution in [0.5, 0.6) is 0 Å². The first-order valence-corrected chi connectivity index (χ1v) is 11.2. The summed E-state index contributed by atoms with van der Waals surface area (Å²) in [5, 5.41) is 13.9. The van der Waals surface area contributed by atoms with Gasteiger partial charge in [0.05, 0.1) is 11.0 Å². The van der Waals surface area contributed by atoms with Crippen molar-refractivity contribution in [3.63, 3.8) is 0 Å². The predicted octanol–water partition coefficient (Wildman–Crippen LogP) is 1.15. The molecular weight excluding hydrogens is 380 g/mol. The van der Waals surface area contributed by atoms with Gasteiger partial charge in [-0.15, -0.1) is 0 Å². The molecule has 2 N–H and O–H groups in total. The van der Waals surface area contributed by atoms with Gasteiger partial charge in [0.1, 0.15) is 12.1 Å². The van der Waals surface area contributed by atoms with E-state index in [9.17, 15) is 18.0 Å². The van der Waals surface area contributed by atoms with E-state index in [1.165, 1.54) is 6.26 Å². The molecule has 1 unspecified atom stereocenters. The van der Waals surface area contributed by atoms with Crippen LogP contribution in [-0.2, 0) is 14.6 Å². The van der Waals surface area contributed by atoms with E-state index in [0.717, 1.165) is 18.4 Å². The summed E-state index contributed by atoms with van der Waals surface area (Å²) in [7, 11) is -3.24. The molecule has 1 atom stereocenters. The molecule has 0 radical (unpaired) electrons. The second-order valence-corrected chi connectivity index (χ2v) is 9.50. The van der Waals surface area contributed by atoms with Gasteiger partial charge >= 0.3 is 6.03 Å². The molecule has 1 saturated heterocycles. The molecule has 28 heavy (non-hydrogen) atoms. The number of sulfone groups is 1. The van der Waals surface area contributed by atoms with Crippen LogP contribution in [0.15, 0.2) is 29.2 Å². The average Bonchev–Trinajstić information content (AvgIpc) is 3.46. The first-order valence-electron chi connectivity index (χ1n) is 9.27. The monoisotopic (exact) mass is 404 g/mol. The van der Waals surface area contributed by atoms with Crippen molar-refractivity contribution in [3.05, 3.63) is 29.8 Å². The van der Waals surface area contributed by atoms with Crippen LogP contribution in [0.1, 0.15) is 37.2 Å². The fraction of sp³-hybridized carbons (Fsp3) is 0.526. The molecule has 1 heterocycles. The van der Waals surface area contributed by atoms with E-state index in [1.807, 2.05) is 6.07 Å². The second-order valence-electron chi connectivity index (χ2n) is 7.48. The van der Waals surface area contributed by atoms with Gasteiger partial charge in [-0.1, -0.05) is 12.1 Å². The minimum Gasteiger partial charge on any atom is -0.341 e. The Labute approximate surface area is 164 Å². The smallest absolute Gasteiger partial charge is 0.318 e. The van der Waals surface area contributed by atoms with Crippen molar-refractivity contribution in [2.24, 2.45) is 0 Å².